The average molecular weight is 328 g/mol. The summed E-state index contributed by atoms with van der Waals surface area (Å²) in [6.45, 7) is 2.11. The minimum absolute atomic E-state index is 0.0314. The van der Waals surface area contributed by atoms with Crippen LogP contribution in [0.5, 0.6) is 0 Å². The van der Waals surface area contributed by atoms with E-state index in [9.17, 15) is 9.90 Å². The summed E-state index contributed by atoms with van der Waals surface area (Å²) in [5.41, 5.74) is 4.24. The predicted molar refractivity (Wildman–Crippen MR) is 93.2 cm³/mol. The third-order valence-electron chi connectivity index (χ3n) is 4.22. The summed E-state index contributed by atoms with van der Waals surface area (Å²) in [5, 5.41) is 11.0. The minimum atomic E-state index is -0.823. The molecule has 1 atom stereocenters. The Kier molecular flexibility index (Phi) is 4.39. The topological polar surface area (TPSA) is 53.1 Å². The van der Waals surface area contributed by atoms with Crippen molar-refractivity contribution in [3.63, 3.8) is 0 Å². The van der Waals surface area contributed by atoms with E-state index in [1.807, 2.05) is 36.5 Å². The number of H-pyrrole nitrogens is 1. The van der Waals surface area contributed by atoms with E-state index in [1.54, 1.807) is 6.07 Å². The van der Waals surface area contributed by atoms with Crippen LogP contribution < -0.4 is 0 Å². The number of carboxylic acid groups (broad SMARTS) is 1. The molecule has 2 aromatic carbocycles. The SMILES string of the molecule is CCc1cccc2c(C(CC(=O)O)c3cccc(Cl)c3)c[nH]c12. The van der Waals surface area contributed by atoms with E-state index in [4.69, 9.17) is 11.6 Å². The van der Waals surface area contributed by atoms with Gasteiger partial charge in [-0.15, -0.1) is 0 Å². The molecule has 0 aliphatic rings. The zero-order valence-electron chi connectivity index (χ0n) is 12.8. The largest absolute Gasteiger partial charge is 0.481 e. The molecule has 3 nitrogen and oxygen atoms in total. The van der Waals surface area contributed by atoms with Crippen LogP contribution in [0.15, 0.2) is 48.7 Å². The lowest BCUT2D eigenvalue weighted by atomic mass is 9.88. The molecule has 0 fully saturated rings. The number of rotatable bonds is 5. The van der Waals surface area contributed by atoms with Crippen molar-refractivity contribution in [2.24, 2.45) is 0 Å². The predicted octanol–water partition coefficient (Wildman–Crippen LogP) is 4.99. The normalized spacial score (nSPS) is 12.4. The minimum Gasteiger partial charge on any atom is -0.481 e. The first-order valence-electron chi connectivity index (χ1n) is 7.66. The van der Waals surface area contributed by atoms with Crippen LogP contribution in [0.25, 0.3) is 10.9 Å². The van der Waals surface area contributed by atoms with Crippen molar-refractivity contribution in [3.05, 3.63) is 70.4 Å². The van der Waals surface area contributed by atoms with Crippen LogP contribution in [0.3, 0.4) is 0 Å². The Morgan fingerprint density at radius 2 is 2.04 bits per heavy atom. The Bertz CT molecular complexity index is 853. The third kappa shape index (κ3) is 3.10. The number of hydrogen-bond acceptors (Lipinski definition) is 1. The van der Waals surface area contributed by atoms with Gasteiger partial charge in [-0.1, -0.05) is 48.9 Å². The van der Waals surface area contributed by atoms with Gasteiger partial charge in [0.1, 0.15) is 0 Å². The van der Waals surface area contributed by atoms with Crippen LogP contribution in [0.1, 0.15) is 36.0 Å². The van der Waals surface area contributed by atoms with Gasteiger partial charge < -0.3 is 10.1 Å². The van der Waals surface area contributed by atoms with Crippen LogP contribution in [0, 0.1) is 0 Å². The van der Waals surface area contributed by atoms with Gasteiger partial charge in [0.25, 0.3) is 0 Å². The average Bonchev–Trinajstić information content (AvgIpc) is 2.96. The van der Waals surface area contributed by atoms with Gasteiger partial charge in [0.05, 0.1) is 6.42 Å². The molecule has 3 aromatic rings. The Morgan fingerprint density at radius 1 is 1.26 bits per heavy atom. The van der Waals surface area contributed by atoms with E-state index in [2.05, 4.69) is 18.0 Å². The van der Waals surface area contributed by atoms with Gasteiger partial charge >= 0.3 is 5.97 Å². The summed E-state index contributed by atoms with van der Waals surface area (Å²) in [5.74, 6) is -1.05. The molecule has 1 heterocycles. The Hall–Kier alpha value is -2.26. The molecular formula is C19H18ClNO2. The van der Waals surface area contributed by atoms with Gasteiger partial charge in [0.2, 0.25) is 0 Å². The van der Waals surface area contributed by atoms with E-state index < -0.39 is 5.97 Å². The molecule has 3 rings (SSSR count). The van der Waals surface area contributed by atoms with Crippen LogP contribution in [-0.2, 0) is 11.2 Å². The van der Waals surface area contributed by atoms with Crippen molar-refractivity contribution >= 4 is 28.5 Å². The highest BCUT2D eigenvalue weighted by molar-refractivity contribution is 6.30. The first-order valence-corrected chi connectivity index (χ1v) is 8.04. The molecule has 0 saturated carbocycles. The molecule has 1 aromatic heterocycles. The molecule has 0 amide bonds. The van der Waals surface area contributed by atoms with Crippen LogP contribution in [0.2, 0.25) is 5.02 Å². The maximum atomic E-state index is 11.4. The first-order chi connectivity index (χ1) is 11.1. The Labute approximate surface area is 139 Å². The van der Waals surface area contributed by atoms with Crippen LogP contribution in [-0.4, -0.2) is 16.1 Å². The molecule has 0 aliphatic carbocycles. The molecular weight excluding hydrogens is 310 g/mol. The molecule has 0 bridgehead atoms. The molecule has 0 saturated heterocycles. The summed E-state index contributed by atoms with van der Waals surface area (Å²) >= 11 is 6.10. The van der Waals surface area contributed by atoms with Crippen molar-refractivity contribution in [3.8, 4) is 0 Å². The molecule has 0 spiro atoms. The lowest BCUT2D eigenvalue weighted by molar-refractivity contribution is -0.137. The lowest BCUT2D eigenvalue weighted by Gasteiger charge is -2.15. The fourth-order valence-electron chi connectivity index (χ4n) is 3.13. The third-order valence-corrected chi connectivity index (χ3v) is 4.45. The maximum Gasteiger partial charge on any atom is 0.304 e. The van der Waals surface area contributed by atoms with Crippen molar-refractivity contribution in [2.75, 3.05) is 0 Å². The number of fused-ring (bicyclic) bond motifs is 1. The second-order valence-corrected chi connectivity index (χ2v) is 6.08. The fraction of sp³-hybridized carbons (Fsp3) is 0.211. The van der Waals surface area contributed by atoms with E-state index in [0.29, 0.717) is 5.02 Å². The van der Waals surface area contributed by atoms with Gasteiger partial charge in [-0.2, -0.15) is 0 Å². The van der Waals surface area contributed by atoms with Gasteiger partial charge in [-0.25, -0.2) is 0 Å². The Balaban J connectivity index is 2.16. The van der Waals surface area contributed by atoms with Crippen molar-refractivity contribution in [1.82, 2.24) is 4.98 Å². The zero-order valence-corrected chi connectivity index (χ0v) is 13.6. The zero-order chi connectivity index (χ0) is 16.4. The van der Waals surface area contributed by atoms with E-state index in [1.165, 1.54) is 5.56 Å². The quantitative estimate of drug-likeness (QED) is 0.693. The first kappa shape index (κ1) is 15.6. The smallest absolute Gasteiger partial charge is 0.304 e. The van der Waals surface area contributed by atoms with Gasteiger partial charge in [-0.05, 0) is 35.2 Å². The maximum absolute atomic E-state index is 11.4. The van der Waals surface area contributed by atoms with Crippen molar-refractivity contribution < 1.29 is 9.90 Å². The molecule has 118 valence electrons. The number of aliphatic carboxylic acids is 1. The number of nitrogens with one attached hydrogen (secondary N) is 1. The van der Waals surface area contributed by atoms with Crippen molar-refractivity contribution in [2.45, 2.75) is 25.7 Å². The number of carbonyl (C=O) groups is 1. The highest BCUT2D eigenvalue weighted by Crippen LogP contribution is 2.35. The summed E-state index contributed by atoms with van der Waals surface area (Å²) in [7, 11) is 0. The number of benzene rings is 2. The highest BCUT2D eigenvalue weighted by Gasteiger charge is 2.21. The molecule has 2 N–H and O–H groups in total. The number of para-hydroxylation sites is 1. The number of aromatic nitrogens is 1. The molecule has 0 aliphatic heterocycles. The van der Waals surface area contributed by atoms with Crippen LogP contribution >= 0.6 is 11.6 Å². The number of carboxylic acids is 1. The molecule has 0 radical (unpaired) electrons. The standard InChI is InChI=1S/C19H18ClNO2/c1-2-12-5-4-8-15-17(11-21-19(12)15)16(10-18(22)23)13-6-3-7-14(20)9-13/h3-9,11,16,21H,2,10H2,1H3,(H,22,23). The van der Waals surface area contributed by atoms with E-state index in [-0.39, 0.29) is 12.3 Å². The van der Waals surface area contributed by atoms with E-state index >= 15 is 0 Å². The number of aryl methyl sites for hydroxylation is 1. The van der Waals surface area contributed by atoms with Gasteiger partial charge in [0, 0.05) is 28.0 Å². The molecule has 23 heavy (non-hydrogen) atoms. The fourth-order valence-corrected chi connectivity index (χ4v) is 3.33. The second kappa shape index (κ2) is 6.47. The highest BCUT2D eigenvalue weighted by atomic mass is 35.5. The van der Waals surface area contributed by atoms with Gasteiger partial charge in [0.15, 0.2) is 0 Å². The molecule has 1 unspecified atom stereocenters. The monoisotopic (exact) mass is 327 g/mol. The summed E-state index contributed by atoms with van der Waals surface area (Å²) in [4.78, 5) is 14.7. The number of halogens is 1. The lowest BCUT2D eigenvalue weighted by Crippen LogP contribution is -2.07. The molecule has 4 heteroatoms. The van der Waals surface area contributed by atoms with Gasteiger partial charge in [-0.3, -0.25) is 4.79 Å². The Morgan fingerprint density at radius 3 is 2.74 bits per heavy atom. The number of aromatic amines is 1. The number of hydrogen-bond donors (Lipinski definition) is 2. The summed E-state index contributed by atoms with van der Waals surface area (Å²) in [6, 6.07) is 13.6. The van der Waals surface area contributed by atoms with Crippen LogP contribution in [0.4, 0.5) is 0 Å². The van der Waals surface area contributed by atoms with E-state index in [0.717, 1.165) is 28.5 Å². The second-order valence-electron chi connectivity index (χ2n) is 5.64. The van der Waals surface area contributed by atoms with Crippen molar-refractivity contribution in [1.29, 1.82) is 0 Å². The summed E-state index contributed by atoms with van der Waals surface area (Å²) in [6.07, 6.45) is 2.89. The summed E-state index contributed by atoms with van der Waals surface area (Å²) < 4.78 is 0.